The summed E-state index contributed by atoms with van der Waals surface area (Å²) >= 11 is 0. The molecule has 0 bridgehead atoms. The molecular formula is C32H57N5O3. The van der Waals surface area contributed by atoms with E-state index in [9.17, 15) is 4.79 Å². The van der Waals surface area contributed by atoms with Gasteiger partial charge < -0.3 is 20.9 Å². The van der Waals surface area contributed by atoms with Crippen LogP contribution in [0, 0.1) is 46.3 Å². The number of rotatable bonds is 12. The number of nitrogens with zero attached hydrogens (tertiary/aromatic N) is 3. The van der Waals surface area contributed by atoms with Gasteiger partial charge in [-0.1, -0.05) is 70.6 Å². The highest BCUT2D eigenvalue weighted by Gasteiger charge is 2.59. The van der Waals surface area contributed by atoms with Crippen molar-refractivity contribution < 1.29 is 14.3 Å². The van der Waals surface area contributed by atoms with Gasteiger partial charge in [0.1, 0.15) is 6.10 Å². The molecule has 0 heterocycles. The van der Waals surface area contributed by atoms with Crippen LogP contribution >= 0.6 is 0 Å². The van der Waals surface area contributed by atoms with E-state index in [-0.39, 0.29) is 23.8 Å². The Bertz CT molecular complexity index is 918. The van der Waals surface area contributed by atoms with Gasteiger partial charge in [0, 0.05) is 24.4 Å². The van der Waals surface area contributed by atoms with E-state index >= 15 is 0 Å². The second-order valence-corrected chi connectivity index (χ2v) is 14.1. The van der Waals surface area contributed by atoms with Crippen molar-refractivity contribution in [2.24, 2.45) is 51.5 Å². The van der Waals surface area contributed by atoms with E-state index in [0.29, 0.717) is 31.7 Å². The molecule has 0 radical (unpaired) electrons. The second-order valence-electron chi connectivity index (χ2n) is 14.1. The SMILES string of the molecule is CC(C)CCC[C@@H](C)[C@H]1CC[C@H]2[C@@H]3CC=C4C[C@@H](OC(=O)NCCOCCN=[N+]=[N-])CC[C@]4(C)[C@H]3CC[C@]12C.N. The smallest absolute Gasteiger partial charge is 0.407 e. The van der Waals surface area contributed by atoms with Crippen LogP contribution in [0.1, 0.15) is 105 Å². The Hall–Kier alpha value is -1.76. The lowest BCUT2D eigenvalue weighted by Crippen LogP contribution is -2.51. The maximum Gasteiger partial charge on any atom is 0.407 e. The van der Waals surface area contributed by atoms with Crippen LogP contribution in [0.2, 0.25) is 0 Å². The van der Waals surface area contributed by atoms with Crippen LogP contribution in [0.3, 0.4) is 0 Å². The summed E-state index contributed by atoms with van der Waals surface area (Å²) in [6, 6.07) is 0. The number of hydrogen-bond donors (Lipinski definition) is 2. The van der Waals surface area contributed by atoms with Gasteiger partial charge in [-0.05, 0) is 96.8 Å². The summed E-state index contributed by atoms with van der Waals surface area (Å²) in [5, 5.41) is 6.23. The standard InChI is InChI=1S/C32H54N4O3.H3N/c1-22(2)7-6-8-23(3)27-11-12-28-26-10-9-24-21-25(39-30(37)34-17-19-38-20-18-35-36-33)13-15-31(24,4)29(26)14-16-32(27,28)5;/h9,22-23,25-29H,6-8,10-21H2,1-5H3,(H,34,37);1H3/t23-,25+,26+,27-,28+,29+,31+,32-;/m1./s1. The van der Waals surface area contributed by atoms with E-state index in [1.165, 1.54) is 51.4 Å². The van der Waals surface area contributed by atoms with Gasteiger partial charge in [0.15, 0.2) is 0 Å². The Kier molecular flexibility index (Phi) is 11.8. The van der Waals surface area contributed by atoms with Crippen molar-refractivity contribution in [1.29, 1.82) is 0 Å². The van der Waals surface area contributed by atoms with Gasteiger partial charge in [-0.3, -0.25) is 0 Å². The predicted molar refractivity (Wildman–Crippen MR) is 161 cm³/mol. The lowest BCUT2D eigenvalue weighted by molar-refractivity contribution is -0.0581. The molecule has 0 unspecified atom stereocenters. The third-order valence-corrected chi connectivity index (χ3v) is 11.4. The average Bonchev–Trinajstić information content (AvgIpc) is 3.25. The van der Waals surface area contributed by atoms with E-state index in [1.807, 2.05) is 0 Å². The fourth-order valence-electron chi connectivity index (χ4n) is 9.42. The number of ether oxygens (including phenoxy) is 2. The Morgan fingerprint density at radius 2 is 1.93 bits per heavy atom. The lowest BCUT2D eigenvalue weighted by Gasteiger charge is -2.58. The molecule has 0 aromatic rings. The molecule has 3 fully saturated rings. The summed E-state index contributed by atoms with van der Waals surface area (Å²) in [5.74, 6) is 5.04. The molecule has 0 aromatic heterocycles. The summed E-state index contributed by atoms with van der Waals surface area (Å²) in [4.78, 5) is 15.1. The average molecular weight is 560 g/mol. The normalized spacial score (nSPS) is 35.2. The number of alkyl carbamates (subject to hydrolysis) is 1. The highest BCUT2D eigenvalue weighted by molar-refractivity contribution is 5.67. The molecule has 4 N–H and O–H groups in total. The van der Waals surface area contributed by atoms with Crippen LogP contribution in [0.5, 0.6) is 0 Å². The van der Waals surface area contributed by atoms with Gasteiger partial charge >= 0.3 is 6.09 Å². The molecule has 8 heteroatoms. The van der Waals surface area contributed by atoms with Crippen LogP contribution in [-0.2, 0) is 9.47 Å². The molecular weight excluding hydrogens is 502 g/mol. The first kappa shape index (κ1) is 32.8. The Labute approximate surface area is 243 Å². The van der Waals surface area contributed by atoms with Crippen molar-refractivity contribution in [3.05, 3.63) is 22.1 Å². The summed E-state index contributed by atoms with van der Waals surface area (Å²) in [6.45, 7) is 13.9. The predicted octanol–water partition coefficient (Wildman–Crippen LogP) is 8.61. The molecule has 40 heavy (non-hydrogen) atoms. The molecule has 8 atom stereocenters. The van der Waals surface area contributed by atoms with Gasteiger partial charge in [-0.25, -0.2) is 4.79 Å². The van der Waals surface area contributed by atoms with Crippen molar-refractivity contribution in [3.8, 4) is 0 Å². The van der Waals surface area contributed by atoms with Crippen molar-refractivity contribution >= 4 is 6.09 Å². The molecule has 4 aliphatic rings. The molecule has 0 spiro atoms. The van der Waals surface area contributed by atoms with Gasteiger partial charge in [0.25, 0.3) is 0 Å². The third kappa shape index (κ3) is 7.17. The summed E-state index contributed by atoms with van der Waals surface area (Å²) in [6.07, 6.45) is 16.1. The minimum absolute atomic E-state index is 0. The lowest BCUT2D eigenvalue weighted by atomic mass is 9.47. The number of nitrogens with one attached hydrogen (secondary N) is 1. The summed E-state index contributed by atoms with van der Waals surface area (Å²) in [5.41, 5.74) is 10.6. The number of amides is 1. The van der Waals surface area contributed by atoms with E-state index in [1.54, 1.807) is 5.57 Å². The Balaban J connectivity index is 0.00000441. The topological polar surface area (TPSA) is 131 Å². The molecule has 1 amide bonds. The van der Waals surface area contributed by atoms with Crippen molar-refractivity contribution in [1.82, 2.24) is 11.5 Å². The van der Waals surface area contributed by atoms with E-state index in [0.717, 1.165) is 54.8 Å². The molecule has 4 aliphatic carbocycles. The fourth-order valence-corrected chi connectivity index (χ4v) is 9.42. The first-order valence-corrected chi connectivity index (χ1v) is 15.9. The number of carbonyl (C=O) groups is 1. The zero-order valence-corrected chi connectivity index (χ0v) is 26.0. The van der Waals surface area contributed by atoms with Gasteiger partial charge in [-0.2, -0.15) is 0 Å². The van der Waals surface area contributed by atoms with E-state index < -0.39 is 0 Å². The number of carbonyl (C=O) groups excluding carboxylic acids is 1. The fraction of sp³-hybridized carbons (Fsp3) is 0.906. The van der Waals surface area contributed by atoms with Crippen LogP contribution in [0.15, 0.2) is 16.8 Å². The third-order valence-electron chi connectivity index (χ3n) is 11.4. The van der Waals surface area contributed by atoms with Crippen LogP contribution in [-0.4, -0.2) is 38.5 Å². The first-order valence-electron chi connectivity index (χ1n) is 15.9. The molecule has 3 saturated carbocycles. The molecule has 4 rings (SSSR count). The minimum Gasteiger partial charge on any atom is -0.446 e. The highest BCUT2D eigenvalue weighted by Crippen LogP contribution is 2.67. The van der Waals surface area contributed by atoms with Crippen LogP contribution in [0.4, 0.5) is 4.79 Å². The number of allylic oxidation sites excluding steroid dienone is 1. The number of fused-ring (bicyclic) bond motifs is 5. The van der Waals surface area contributed by atoms with E-state index in [4.69, 9.17) is 15.0 Å². The number of hydrogen-bond acceptors (Lipinski definition) is 5. The molecule has 0 aromatic carbocycles. The summed E-state index contributed by atoms with van der Waals surface area (Å²) < 4.78 is 11.2. The molecule has 0 saturated heterocycles. The molecule has 8 nitrogen and oxygen atoms in total. The Morgan fingerprint density at radius 3 is 2.67 bits per heavy atom. The summed E-state index contributed by atoms with van der Waals surface area (Å²) in [7, 11) is 0. The Morgan fingerprint density at radius 1 is 1.12 bits per heavy atom. The quantitative estimate of drug-likeness (QED) is 0.0814. The maximum atomic E-state index is 12.4. The van der Waals surface area contributed by atoms with Crippen molar-refractivity contribution in [2.75, 3.05) is 26.3 Å². The molecule has 228 valence electrons. The largest absolute Gasteiger partial charge is 0.446 e. The van der Waals surface area contributed by atoms with Crippen LogP contribution in [0.25, 0.3) is 10.4 Å². The van der Waals surface area contributed by atoms with E-state index in [2.05, 4.69) is 56.0 Å². The van der Waals surface area contributed by atoms with Gasteiger partial charge in [0.2, 0.25) is 0 Å². The van der Waals surface area contributed by atoms with Crippen molar-refractivity contribution in [3.63, 3.8) is 0 Å². The molecule has 0 aliphatic heterocycles. The van der Waals surface area contributed by atoms with Crippen LogP contribution < -0.4 is 11.5 Å². The van der Waals surface area contributed by atoms with Gasteiger partial charge in [0.05, 0.1) is 13.2 Å². The zero-order chi connectivity index (χ0) is 28.0. The highest BCUT2D eigenvalue weighted by atomic mass is 16.6. The second kappa shape index (κ2) is 14.4. The maximum absolute atomic E-state index is 12.4. The number of azide groups is 1. The zero-order valence-electron chi connectivity index (χ0n) is 26.0. The minimum atomic E-state index is -0.357. The van der Waals surface area contributed by atoms with Gasteiger partial charge in [-0.15, -0.1) is 0 Å². The van der Waals surface area contributed by atoms with Crippen molar-refractivity contribution in [2.45, 2.75) is 111 Å². The first-order chi connectivity index (χ1) is 18.7. The monoisotopic (exact) mass is 559 g/mol.